The van der Waals surface area contributed by atoms with Gasteiger partial charge in [0.05, 0.1) is 46.5 Å². The summed E-state index contributed by atoms with van der Waals surface area (Å²) in [5.74, 6) is 2.15. The first-order chi connectivity index (χ1) is 16.3. The van der Waals surface area contributed by atoms with Gasteiger partial charge in [-0.1, -0.05) is 6.07 Å². The Morgan fingerprint density at radius 2 is 1.35 bits per heavy atom. The van der Waals surface area contributed by atoms with Crippen LogP contribution in [-0.4, -0.2) is 78.9 Å². The molecule has 0 aromatic heterocycles. The minimum Gasteiger partial charge on any atom is -0.493 e. The number of hydrogen-bond donors (Lipinski definition) is 0. The molecule has 34 heavy (non-hydrogen) atoms. The molecule has 1 aliphatic heterocycles. The predicted octanol–water partition coefficient (Wildman–Crippen LogP) is 2.14. The van der Waals surface area contributed by atoms with Crippen LogP contribution in [0.4, 0.5) is 0 Å². The molecule has 186 valence electrons. The van der Waals surface area contributed by atoms with Crippen molar-refractivity contribution in [2.75, 3.05) is 59.6 Å². The molecule has 0 radical (unpaired) electrons. The highest BCUT2D eigenvalue weighted by Crippen LogP contribution is 2.38. The number of sulfone groups is 1. The summed E-state index contributed by atoms with van der Waals surface area (Å²) in [6.45, 7) is 0.668. The van der Waals surface area contributed by atoms with Crippen LogP contribution >= 0.6 is 0 Å². The molecule has 0 saturated carbocycles. The number of benzene rings is 2. The molecule has 1 saturated heterocycles. The highest BCUT2D eigenvalue weighted by molar-refractivity contribution is 7.91. The standard InChI is InChI=1S/C24H31NO8S/c1-29-19-8-7-17(5-6-18-14-21(30-2)24(32-4)22(15-18)31-3)13-20(19)33-23(26)16-25-9-11-34(27,28)12-10-25/h7-8,13-15H,5-6,9-12,16H2,1-4H3. The van der Waals surface area contributed by atoms with Crippen molar-refractivity contribution in [1.82, 2.24) is 4.90 Å². The Labute approximate surface area is 200 Å². The lowest BCUT2D eigenvalue weighted by Crippen LogP contribution is -2.43. The van der Waals surface area contributed by atoms with E-state index >= 15 is 0 Å². The van der Waals surface area contributed by atoms with E-state index in [-0.39, 0.29) is 18.1 Å². The summed E-state index contributed by atoms with van der Waals surface area (Å²) in [6.07, 6.45) is 1.37. The van der Waals surface area contributed by atoms with Crippen molar-refractivity contribution in [3.05, 3.63) is 41.5 Å². The topological polar surface area (TPSA) is 101 Å². The molecular weight excluding hydrogens is 462 g/mol. The van der Waals surface area contributed by atoms with E-state index in [2.05, 4.69) is 0 Å². The van der Waals surface area contributed by atoms with Gasteiger partial charge in [0, 0.05) is 13.1 Å². The molecule has 0 spiro atoms. The number of nitrogens with zero attached hydrogens (tertiary/aromatic N) is 1. The Kier molecular flexibility index (Phi) is 8.62. The first-order valence-electron chi connectivity index (χ1n) is 10.9. The third-order valence-corrected chi connectivity index (χ3v) is 7.28. The van der Waals surface area contributed by atoms with E-state index in [1.165, 1.54) is 7.11 Å². The normalized spacial score (nSPS) is 15.4. The summed E-state index contributed by atoms with van der Waals surface area (Å²) in [4.78, 5) is 14.3. The van der Waals surface area contributed by atoms with Gasteiger partial charge < -0.3 is 23.7 Å². The Morgan fingerprint density at radius 1 is 0.794 bits per heavy atom. The quantitative estimate of drug-likeness (QED) is 0.364. The van der Waals surface area contributed by atoms with Crippen LogP contribution in [-0.2, 0) is 27.5 Å². The molecule has 1 aliphatic rings. The molecule has 0 bridgehead atoms. The number of carbonyl (C=O) groups excluding carboxylic acids is 1. The molecule has 9 nitrogen and oxygen atoms in total. The van der Waals surface area contributed by atoms with Crippen LogP contribution in [0, 0.1) is 0 Å². The van der Waals surface area contributed by atoms with E-state index < -0.39 is 15.8 Å². The highest BCUT2D eigenvalue weighted by atomic mass is 32.2. The smallest absolute Gasteiger partial charge is 0.325 e. The van der Waals surface area contributed by atoms with Crippen molar-refractivity contribution in [2.24, 2.45) is 0 Å². The van der Waals surface area contributed by atoms with Gasteiger partial charge in [0.2, 0.25) is 5.75 Å². The predicted molar refractivity (Wildman–Crippen MR) is 127 cm³/mol. The number of esters is 1. The lowest BCUT2D eigenvalue weighted by Gasteiger charge is -2.25. The van der Waals surface area contributed by atoms with E-state index in [9.17, 15) is 13.2 Å². The number of carbonyl (C=O) groups is 1. The third-order valence-electron chi connectivity index (χ3n) is 5.67. The van der Waals surface area contributed by atoms with E-state index in [1.807, 2.05) is 18.2 Å². The summed E-state index contributed by atoms with van der Waals surface area (Å²) < 4.78 is 50.3. The maximum atomic E-state index is 12.5. The second kappa shape index (κ2) is 11.4. The SMILES string of the molecule is COc1ccc(CCc2cc(OC)c(OC)c(OC)c2)cc1OC(=O)CN1CCS(=O)(=O)CC1. The molecule has 1 fully saturated rings. The third kappa shape index (κ3) is 6.54. The number of ether oxygens (including phenoxy) is 5. The van der Waals surface area contributed by atoms with Crippen molar-refractivity contribution in [1.29, 1.82) is 0 Å². The second-order valence-corrected chi connectivity index (χ2v) is 10.2. The molecule has 3 rings (SSSR count). The molecule has 1 heterocycles. The number of rotatable bonds is 10. The summed E-state index contributed by atoms with van der Waals surface area (Å²) in [7, 11) is 3.22. The van der Waals surface area contributed by atoms with Crippen LogP contribution in [0.5, 0.6) is 28.7 Å². The van der Waals surface area contributed by atoms with Gasteiger partial charge in [-0.05, 0) is 48.2 Å². The molecule has 10 heteroatoms. The summed E-state index contributed by atoms with van der Waals surface area (Å²) >= 11 is 0. The maximum absolute atomic E-state index is 12.5. The van der Waals surface area contributed by atoms with Crippen molar-refractivity contribution in [2.45, 2.75) is 12.8 Å². The van der Waals surface area contributed by atoms with E-state index in [4.69, 9.17) is 23.7 Å². The van der Waals surface area contributed by atoms with Gasteiger partial charge in [-0.2, -0.15) is 0 Å². The first-order valence-corrected chi connectivity index (χ1v) is 12.7. The Bertz CT molecular complexity index is 1080. The van der Waals surface area contributed by atoms with Crippen molar-refractivity contribution >= 4 is 15.8 Å². The number of aryl methyl sites for hydroxylation is 2. The molecular formula is C24H31NO8S. The average molecular weight is 494 g/mol. The molecule has 0 amide bonds. The average Bonchev–Trinajstić information content (AvgIpc) is 2.83. The fraction of sp³-hybridized carbons (Fsp3) is 0.458. The first kappa shape index (κ1) is 25.6. The molecule has 2 aromatic carbocycles. The van der Waals surface area contributed by atoms with Crippen LogP contribution in [0.3, 0.4) is 0 Å². The lowest BCUT2D eigenvalue weighted by molar-refractivity contribution is -0.135. The zero-order chi connectivity index (χ0) is 24.7. The summed E-state index contributed by atoms with van der Waals surface area (Å²) in [5.41, 5.74) is 1.96. The molecule has 0 atom stereocenters. The summed E-state index contributed by atoms with van der Waals surface area (Å²) in [6, 6.07) is 9.29. The Hall–Kier alpha value is -2.98. The minimum absolute atomic E-state index is 0.0222. The second-order valence-electron chi connectivity index (χ2n) is 7.92. The van der Waals surface area contributed by atoms with E-state index in [0.29, 0.717) is 54.7 Å². The fourth-order valence-corrected chi connectivity index (χ4v) is 5.05. The van der Waals surface area contributed by atoms with Crippen molar-refractivity contribution in [3.63, 3.8) is 0 Å². The van der Waals surface area contributed by atoms with Gasteiger partial charge in [-0.25, -0.2) is 8.42 Å². The van der Waals surface area contributed by atoms with Gasteiger partial charge >= 0.3 is 5.97 Å². The number of methoxy groups -OCH3 is 4. The zero-order valence-electron chi connectivity index (χ0n) is 20.0. The van der Waals surface area contributed by atoms with Crippen LogP contribution in [0.1, 0.15) is 11.1 Å². The van der Waals surface area contributed by atoms with Crippen molar-refractivity contribution in [3.8, 4) is 28.7 Å². The number of hydrogen-bond acceptors (Lipinski definition) is 9. The largest absolute Gasteiger partial charge is 0.493 e. The van der Waals surface area contributed by atoms with Crippen LogP contribution in [0.25, 0.3) is 0 Å². The van der Waals surface area contributed by atoms with Gasteiger partial charge in [-0.3, -0.25) is 9.69 Å². The van der Waals surface area contributed by atoms with Gasteiger partial charge in [0.15, 0.2) is 32.8 Å². The van der Waals surface area contributed by atoms with Crippen LogP contribution in [0.15, 0.2) is 30.3 Å². The minimum atomic E-state index is -3.01. The molecule has 0 aliphatic carbocycles. The monoisotopic (exact) mass is 493 g/mol. The maximum Gasteiger partial charge on any atom is 0.325 e. The van der Waals surface area contributed by atoms with Gasteiger partial charge in [0.1, 0.15) is 0 Å². The highest BCUT2D eigenvalue weighted by Gasteiger charge is 2.24. The summed E-state index contributed by atoms with van der Waals surface area (Å²) in [5, 5.41) is 0. The molecule has 0 unspecified atom stereocenters. The fourth-order valence-electron chi connectivity index (χ4n) is 3.77. The van der Waals surface area contributed by atoms with Gasteiger partial charge in [0.25, 0.3) is 0 Å². The van der Waals surface area contributed by atoms with Crippen molar-refractivity contribution < 1.29 is 36.9 Å². The van der Waals surface area contributed by atoms with Gasteiger partial charge in [-0.15, -0.1) is 0 Å². The molecule has 2 aromatic rings. The zero-order valence-corrected chi connectivity index (χ0v) is 20.8. The Balaban J connectivity index is 1.67. The van der Waals surface area contributed by atoms with Crippen LogP contribution < -0.4 is 23.7 Å². The van der Waals surface area contributed by atoms with Crippen LogP contribution in [0.2, 0.25) is 0 Å². The lowest BCUT2D eigenvalue weighted by atomic mass is 10.0. The molecule has 0 N–H and O–H groups in total. The Morgan fingerprint density at radius 3 is 1.91 bits per heavy atom. The van der Waals surface area contributed by atoms with E-state index in [1.54, 1.807) is 38.4 Å². The van der Waals surface area contributed by atoms with E-state index in [0.717, 1.165) is 11.1 Å².